The van der Waals surface area contributed by atoms with Crippen LogP contribution < -0.4 is 5.11 Å². The van der Waals surface area contributed by atoms with E-state index in [9.17, 15) is 14.7 Å². The zero-order valence-corrected chi connectivity index (χ0v) is 15.2. The standard InChI is InChI=1S/C23H21NO4/c25-21-20-19(22(26)27)17-11-12-23(20,28-17)18(13-15-7-3-1-4-8-15)24(21)14-16-9-5-2-6-10-16/h1-12,17-20H,13-14H2,(H,26,27)/p-1/t17-,18+,19+,20-,23+/m0/s1. The van der Waals surface area contributed by atoms with Crippen LogP contribution in [0.2, 0.25) is 0 Å². The molecule has 142 valence electrons. The first kappa shape index (κ1) is 17.2. The number of carbonyl (C=O) groups excluding carboxylic acids is 2. The summed E-state index contributed by atoms with van der Waals surface area (Å²) in [5.74, 6) is -3.04. The summed E-state index contributed by atoms with van der Waals surface area (Å²) < 4.78 is 6.19. The zero-order valence-electron chi connectivity index (χ0n) is 15.2. The van der Waals surface area contributed by atoms with Gasteiger partial charge in [-0.3, -0.25) is 4.79 Å². The minimum atomic E-state index is -1.21. The van der Waals surface area contributed by atoms with Crippen LogP contribution in [-0.4, -0.2) is 34.5 Å². The minimum Gasteiger partial charge on any atom is -0.550 e. The Morgan fingerprint density at radius 1 is 1.04 bits per heavy atom. The number of benzene rings is 2. The third-order valence-corrected chi connectivity index (χ3v) is 6.27. The number of nitrogens with zero attached hydrogens (tertiary/aromatic N) is 1. The van der Waals surface area contributed by atoms with Gasteiger partial charge in [-0.1, -0.05) is 72.8 Å². The molecule has 5 atom stereocenters. The lowest BCUT2D eigenvalue weighted by Gasteiger charge is -2.33. The van der Waals surface area contributed by atoms with Gasteiger partial charge < -0.3 is 19.5 Å². The highest BCUT2D eigenvalue weighted by Crippen LogP contribution is 2.55. The van der Waals surface area contributed by atoms with Crippen LogP contribution in [0.1, 0.15) is 11.1 Å². The molecule has 5 heteroatoms. The zero-order chi connectivity index (χ0) is 19.3. The summed E-state index contributed by atoms with van der Waals surface area (Å²) in [6.45, 7) is 0.428. The number of rotatable bonds is 5. The molecule has 0 N–H and O–H groups in total. The van der Waals surface area contributed by atoms with Crippen molar-refractivity contribution in [2.75, 3.05) is 0 Å². The van der Waals surface area contributed by atoms with E-state index < -0.39 is 29.5 Å². The summed E-state index contributed by atoms with van der Waals surface area (Å²) in [5.41, 5.74) is 1.19. The van der Waals surface area contributed by atoms with Crippen molar-refractivity contribution in [3.63, 3.8) is 0 Å². The number of ether oxygens (including phenoxy) is 1. The number of hydrogen-bond acceptors (Lipinski definition) is 4. The van der Waals surface area contributed by atoms with E-state index in [1.165, 1.54) is 0 Å². The number of amides is 1. The Morgan fingerprint density at radius 2 is 1.68 bits per heavy atom. The van der Waals surface area contributed by atoms with Gasteiger partial charge in [0, 0.05) is 18.4 Å². The Labute approximate surface area is 163 Å². The highest BCUT2D eigenvalue weighted by atomic mass is 16.5. The second kappa shape index (κ2) is 6.31. The molecule has 1 spiro atoms. The molecule has 0 aliphatic carbocycles. The molecular formula is C23H20NO4-. The Morgan fingerprint density at radius 3 is 2.32 bits per heavy atom. The average molecular weight is 374 g/mol. The predicted molar refractivity (Wildman–Crippen MR) is 99.7 cm³/mol. The van der Waals surface area contributed by atoms with E-state index in [1.54, 1.807) is 11.0 Å². The molecule has 0 aromatic heterocycles. The number of carboxylic acid groups (broad SMARTS) is 1. The lowest BCUT2D eigenvalue weighted by molar-refractivity contribution is -0.313. The highest BCUT2D eigenvalue weighted by molar-refractivity contribution is 5.91. The molecule has 1 amide bonds. The fraction of sp³-hybridized carbons (Fsp3) is 0.304. The molecule has 0 radical (unpaired) electrons. The summed E-state index contributed by atoms with van der Waals surface area (Å²) in [6.07, 6.45) is 3.72. The molecule has 2 aromatic carbocycles. The number of likely N-dealkylation sites (tertiary alicyclic amines) is 1. The Kier molecular flexibility index (Phi) is 3.88. The molecule has 0 unspecified atom stereocenters. The molecule has 3 aliphatic rings. The van der Waals surface area contributed by atoms with Crippen molar-refractivity contribution in [3.8, 4) is 0 Å². The monoisotopic (exact) mass is 374 g/mol. The van der Waals surface area contributed by atoms with Gasteiger partial charge in [0.15, 0.2) is 0 Å². The van der Waals surface area contributed by atoms with Crippen LogP contribution in [0.4, 0.5) is 0 Å². The van der Waals surface area contributed by atoms with Gasteiger partial charge in [-0.15, -0.1) is 0 Å². The fourth-order valence-corrected chi connectivity index (χ4v) is 5.06. The summed E-state index contributed by atoms with van der Waals surface area (Å²) in [7, 11) is 0. The molecule has 3 aliphatic heterocycles. The van der Waals surface area contributed by atoms with Gasteiger partial charge in [-0.25, -0.2) is 0 Å². The first-order valence-corrected chi connectivity index (χ1v) is 9.56. The van der Waals surface area contributed by atoms with Gasteiger partial charge in [-0.2, -0.15) is 0 Å². The minimum absolute atomic E-state index is 0.161. The van der Waals surface area contributed by atoms with Crippen molar-refractivity contribution < 1.29 is 19.4 Å². The summed E-state index contributed by atoms with van der Waals surface area (Å²) in [6, 6.07) is 19.4. The smallest absolute Gasteiger partial charge is 0.230 e. The van der Waals surface area contributed by atoms with Gasteiger partial charge in [0.05, 0.1) is 18.1 Å². The van der Waals surface area contributed by atoms with Crippen molar-refractivity contribution in [2.45, 2.75) is 30.7 Å². The number of hydrogen-bond donors (Lipinski definition) is 0. The van der Waals surface area contributed by atoms with Crippen molar-refractivity contribution in [1.29, 1.82) is 0 Å². The molecule has 2 fully saturated rings. The Bertz CT molecular complexity index is 942. The van der Waals surface area contributed by atoms with E-state index >= 15 is 0 Å². The maximum absolute atomic E-state index is 13.4. The molecular weight excluding hydrogens is 354 g/mol. The topological polar surface area (TPSA) is 69.7 Å². The summed E-state index contributed by atoms with van der Waals surface area (Å²) in [4.78, 5) is 27.0. The quantitative estimate of drug-likeness (QED) is 0.741. The molecule has 0 saturated carbocycles. The Balaban J connectivity index is 1.56. The van der Waals surface area contributed by atoms with Gasteiger partial charge in [0.1, 0.15) is 5.60 Å². The largest absolute Gasteiger partial charge is 0.550 e. The van der Waals surface area contributed by atoms with Crippen LogP contribution in [0, 0.1) is 11.8 Å². The maximum Gasteiger partial charge on any atom is 0.230 e. The van der Waals surface area contributed by atoms with E-state index in [4.69, 9.17) is 4.74 Å². The van der Waals surface area contributed by atoms with E-state index in [1.807, 2.05) is 66.7 Å². The maximum atomic E-state index is 13.4. The van der Waals surface area contributed by atoms with Crippen LogP contribution >= 0.6 is 0 Å². The molecule has 2 bridgehead atoms. The second-order valence-electron chi connectivity index (χ2n) is 7.77. The predicted octanol–water partition coefficient (Wildman–Crippen LogP) is 1.33. The van der Waals surface area contributed by atoms with Crippen LogP contribution in [0.25, 0.3) is 0 Å². The first-order chi connectivity index (χ1) is 13.6. The van der Waals surface area contributed by atoms with Gasteiger partial charge >= 0.3 is 0 Å². The van der Waals surface area contributed by atoms with Gasteiger partial charge in [0.2, 0.25) is 5.91 Å². The first-order valence-electron chi connectivity index (χ1n) is 9.56. The fourth-order valence-electron chi connectivity index (χ4n) is 5.06. The van der Waals surface area contributed by atoms with Gasteiger partial charge in [0.25, 0.3) is 0 Å². The number of fused-ring (bicyclic) bond motifs is 1. The van der Waals surface area contributed by atoms with Crippen LogP contribution in [-0.2, 0) is 27.3 Å². The molecule has 5 nitrogen and oxygen atoms in total. The lowest BCUT2D eigenvalue weighted by Crippen LogP contribution is -2.47. The second-order valence-corrected chi connectivity index (χ2v) is 7.77. The van der Waals surface area contributed by atoms with E-state index in [2.05, 4.69) is 0 Å². The van der Waals surface area contributed by atoms with E-state index in [0.717, 1.165) is 11.1 Å². The van der Waals surface area contributed by atoms with E-state index in [-0.39, 0.29) is 11.9 Å². The van der Waals surface area contributed by atoms with Gasteiger partial charge in [-0.05, 0) is 17.5 Å². The molecule has 2 saturated heterocycles. The molecule has 2 aromatic rings. The lowest BCUT2D eigenvalue weighted by atomic mass is 9.74. The highest BCUT2D eigenvalue weighted by Gasteiger charge is 2.69. The number of aliphatic carboxylic acids is 1. The van der Waals surface area contributed by atoms with E-state index in [0.29, 0.717) is 13.0 Å². The van der Waals surface area contributed by atoms with Crippen molar-refractivity contribution in [1.82, 2.24) is 4.90 Å². The normalized spacial score (nSPS) is 32.7. The Hall–Kier alpha value is -2.92. The van der Waals surface area contributed by atoms with Crippen molar-refractivity contribution in [3.05, 3.63) is 83.9 Å². The number of carbonyl (C=O) groups is 2. The van der Waals surface area contributed by atoms with Crippen LogP contribution in [0.15, 0.2) is 72.8 Å². The molecule has 5 rings (SSSR count). The van der Waals surface area contributed by atoms with Crippen molar-refractivity contribution in [2.24, 2.45) is 11.8 Å². The van der Waals surface area contributed by atoms with Crippen molar-refractivity contribution >= 4 is 11.9 Å². The summed E-state index contributed by atoms with van der Waals surface area (Å²) in [5, 5.41) is 11.8. The van der Waals surface area contributed by atoms with Crippen LogP contribution in [0.3, 0.4) is 0 Å². The third kappa shape index (κ3) is 2.43. The summed E-state index contributed by atoms with van der Waals surface area (Å²) >= 11 is 0. The van der Waals surface area contributed by atoms with Crippen LogP contribution in [0.5, 0.6) is 0 Å². The SMILES string of the molecule is O=C([O-])[C@@H]1[C@@H]2C=C[C@]3(O2)[C@@H]1C(=O)N(Cc1ccccc1)[C@@H]3Cc1ccccc1. The molecule has 3 heterocycles. The number of carboxylic acids is 1. The average Bonchev–Trinajstić information content (AvgIpc) is 3.34. The third-order valence-electron chi connectivity index (χ3n) is 6.27. The molecule has 28 heavy (non-hydrogen) atoms.